The van der Waals surface area contributed by atoms with Crippen molar-refractivity contribution in [3.05, 3.63) is 34.9 Å². The summed E-state index contributed by atoms with van der Waals surface area (Å²) in [5, 5.41) is 0. The lowest BCUT2D eigenvalue weighted by atomic mass is 9.99. The molecule has 15 heavy (non-hydrogen) atoms. The molecule has 1 aromatic carbocycles. The van der Waals surface area contributed by atoms with Crippen LogP contribution in [0.5, 0.6) is 0 Å². The van der Waals surface area contributed by atoms with E-state index in [0.717, 1.165) is 19.0 Å². The van der Waals surface area contributed by atoms with Gasteiger partial charge in [-0.05, 0) is 31.9 Å². The molecule has 1 aliphatic rings. The fraction of sp³-hybridized carbons (Fsp3) is 0.538. The maximum absolute atomic E-state index is 5.61. The van der Waals surface area contributed by atoms with E-state index in [2.05, 4.69) is 36.9 Å². The minimum absolute atomic E-state index is 0.732. The highest BCUT2D eigenvalue weighted by atomic mass is 15.2. The van der Waals surface area contributed by atoms with Crippen molar-refractivity contribution in [2.45, 2.75) is 20.4 Å². The summed E-state index contributed by atoms with van der Waals surface area (Å²) >= 11 is 0. The third kappa shape index (κ3) is 2.58. The smallest absolute Gasteiger partial charge is 0.0234 e. The Balaban J connectivity index is 1.94. The Morgan fingerprint density at radius 3 is 2.33 bits per heavy atom. The maximum Gasteiger partial charge on any atom is 0.0234 e. The standard InChI is InChI=1S/C13H20N2/c1-10-3-11(2)5-12(4-10)7-15-8-13(6-14)9-15/h3-5,13H,6-9,14H2,1-2H3. The lowest BCUT2D eigenvalue weighted by molar-refractivity contribution is 0.0979. The zero-order chi connectivity index (χ0) is 10.8. The van der Waals surface area contributed by atoms with Gasteiger partial charge < -0.3 is 5.73 Å². The molecule has 1 aromatic rings. The Bertz CT molecular complexity index is 320. The molecule has 0 bridgehead atoms. The van der Waals surface area contributed by atoms with Crippen molar-refractivity contribution in [1.29, 1.82) is 0 Å². The number of nitrogens with two attached hydrogens (primary N) is 1. The Kier molecular flexibility index (Phi) is 3.08. The Morgan fingerprint density at radius 2 is 1.80 bits per heavy atom. The first kappa shape index (κ1) is 10.7. The second kappa shape index (κ2) is 4.33. The van der Waals surface area contributed by atoms with Crippen molar-refractivity contribution < 1.29 is 0 Å². The highest BCUT2D eigenvalue weighted by molar-refractivity contribution is 5.28. The molecule has 0 amide bonds. The molecular formula is C13H20N2. The Morgan fingerprint density at radius 1 is 1.20 bits per heavy atom. The van der Waals surface area contributed by atoms with E-state index in [9.17, 15) is 0 Å². The van der Waals surface area contributed by atoms with Gasteiger partial charge in [0.15, 0.2) is 0 Å². The summed E-state index contributed by atoms with van der Waals surface area (Å²) in [5.41, 5.74) is 9.77. The first-order valence-corrected chi connectivity index (χ1v) is 5.67. The zero-order valence-corrected chi connectivity index (χ0v) is 9.66. The van der Waals surface area contributed by atoms with Crippen LogP contribution in [0.3, 0.4) is 0 Å². The van der Waals surface area contributed by atoms with Crippen molar-refractivity contribution >= 4 is 0 Å². The van der Waals surface area contributed by atoms with Gasteiger partial charge in [-0.1, -0.05) is 29.3 Å². The summed E-state index contributed by atoms with van der Waals surface area (Å²) in [7, 11) is 0. The molecule has 1 aliphatic heterocycles. The van der Waals surface area contributed by atoms with Crippen LogP contribution in [-0.2, 0) is 6.54 Å². The van der Waals surface area contributed by atoms with Crippen molar-refractivity contribution in [1.82, 2.24) is 4.90 Å². The van der Waals surface area contributed by atoms with E-state index in [1.54, 1.807) is 0 Å². The van der Waals surface area contributed by atoms with Crippen LogP contribution in [0.1, 0.15) is 16.7 Å². The number of rotatable bonds is 3. The van der Waals surface area contributed by atoms with E-state index >= 15 is 0 Å². The van der Waals surface area contributed by atoms with E-state index in [-0.39, 0.29) is 0 Å². The van der Waals surface area contributed by atoms with Gasteiger partial charge in [-0.15, -0.1) is 0 Å². The molecule has 0 unspecified atom stereocenters. The Labute approximate surface area is 92.1 Å². The van der Waals surface area contributed by atoms with Crippen molar-refractivity contribution in [2.75, 3.05) is 19.6 Å². The normalized spacial score (nSPS) is 17.8. The van der Waals surface area contributed by atoms with E-state index in [0.29, 0.717) is 0 Å². The molecule has 0 radical (unpaired) electrons. The maximum atomic E-state index is 5.61. The van der Waals surface area contributed by atoms with Crippen LogP contribution in [0.4, 0.5) is 0 Å². The van der Waals surface area contributed by atoms with Crippen molar-refractivity contribution in [2.24, 2.45) is 11.7 Å². The van der Waals surface area contributed by atoms with E-state index < -0.39 is 0 Å². The number of hydrogen-bond acceptors (Lipinski definition) is 2. The predicted molar refractivity (Wildman–Crippen MR) is 63.7 cm³/mol. The van der Waals surface area contributed by atoms with Gasteiger partial charge in [0, 0.05) is 19.6 Å². The second-order valence-electron chi connectivity index (χ2n) is 4.79. The number of nitrogens with zero attached hydrogens (tertiary/aromatic N) is 1. The summed E-state index contributed by atoms with van der Waals surface area (Å²) in [6.07, 6.45) is 0. The van der Waals surface area contributed by atoms with Gasteiger partial charge in [0.2, 0.25) is 0 Å². The first-order chi connectivity index (χ1) is 7.17. The SMILES string of the molecule is Cc1cc(C)cc(CN2CC(CN)C2)c1. The minimum Gasteiger partial charge on any atom is -0.330 e. The molecule has 0 atom stereocenters. The first-order valence-electron chi connectivity index (χ1n) is 5.67. The van der Waals surface area contributed by atoms with Crippen LogP contribution < -0.4 is 5.73 Å². The number of hydrogen-bond donors (Lipinski definition) is 1. The molecule has 0 spiro atoms. The molecule has 1 fully saturated rings. The van der Waals surface area contributed by atoms with Gasteiger partial charge in [0.05, 0.1) is 0 Å². The average molecular weight is 204 g/mol. The van der Waals surface area contributed by atoms with Gasteiger partial charge in [0.1, 0.15) is 0 Å². The average Bonchev–Trinajstić information content (AvgIpc) is 2.08. The van der Waals surface area contributed by atoms with Gasteiger partial charge in [-0.2, -0.15) is 0 Å². The largest absolute Gasteiger partial charge is 0.330 e. The molecule has 0 aliphatic carbocycles. The lowest BCUT2D eigenvalue weighted by Crippen LogP contribution is -2.49. The summed E-state index contributed by atoms with van der Waals surface area (Å²) in [5.74, 6) is 0.732. The molecule has 0 aromatic heterocycles. The van der Waals surface area contributed by atoms with Crippen molar-refractivity contribution in [3.63, 3.8) is 0 Å². The highest BCUT2D eigenvalue weighted by Crippen LogP contribution is 2.18. The van der Waals surface area contributed by atoms with Crippen LogP contribution in [-0.4, -0.2) is 24.5 Å². The van der Waals surface area contributed by atoms with Crippen LogP contribution >= 0.6 is 0 Å². The van der Waals surface area contributed by atoms with Gasteiger partial charge >= 0.3 is 0 Å². The molecule has 2 nitrogen and oxygen atoms in total. The fourth-order valence-electron chi connectivity index (χ4n) is 2.37. The van der Waals surface area contributed by atoms with Crippen molar-refractivity contribution in [3.8, 4) is 0 Å². The molecule has 1 saturated heterocycles. The van der Waals surface area contributed by atoms with E-state index in [1.165, 1.54) is 29.8 Å². The number of aryl methyl sites for hydroxylation is 2. The van der Waals surface area contributed by atoms with Crippen LogP contribution in [0.25, 0.3) is 0 Å². The highest BCUT2D eigenvalue weighted by Gasteiger charge is 2.24. The van der Waals surface area contributed by atoms with Crippen LogP contribution in [0, 0.1) is 19.8 Å². The minimum atomic E-state index is 0.732. The predicted octanol–water partition coefficient (Wildman–Crippen LogP) is 1.69. The third-order valence-electron chi connectivity index (χ3n) is 3.05. The number of benzene rings is 1. The molecule has 2 heteroatoms. The molecule has 0 saturated carbocycles. The summed E-state index contributed by atoms with van der Waals surface area (Å²) in [4.78, 5) is 2.46. The zero-order valence-electron chi connectivity index (χ0n) is 9.66. The summed E-state index contributed by atoms with van der Waals surface area (Å²) in [6, 6.07) is 6.79. The Hall–Kier alpha value is -0.860. The van der Waals surface area contributed by atoms with Crippen LogP contribution in [0.15, 0.2) is 18.2 Å². The monoisotopic (exact) mass is 204 g/mol. The molecule has 82 valence electrons. The second-order valence-corrected chi connectivity index (χ2v) is 4.79. The van der Waals surface area contributed by atoms with E-state index in [1.807, 2.05) is 0 Å². The summed E-state index contributed by atoms with van der Waals surface area (Å²) < 4.78 is 0. The molecule has 1 heterocycles. The lowest BCUT2D eigenvalue weighted by Gasteiger charge is -2.38. The van der Waals surface area contributed by atoms with Crippen LogP contribution in [0.2, 0.25) is 0 Å². The third-order valence-corrected chi connectivity index (χ3v) is 3.05. The van der Waals surface area contributed by atoms with Gasteiger partial charge in [-0.3, -0.25) is 4.90 Å². The quantitative estimate of drug-likeness (QED) is 0.812. The summed E-state index contributed by atoms with van der Waals surface area (Å²) in [6.45, 7) is 8.58. The topological polar surface area (TPSA) is 29.3 Å². The molecular weight excluding hydrogens is 184 g/mol. The van der Waals surface area contributed by atoms with Gasteiger partial charge in [-0.25, -0.2) is 0 Å². The van der Waals surface area contributed by atoms with E-state index in [4.69, 9.17) is 5.73 Å². The number of likely N-dealkylation sites (tertiary alicyclic amines) is 1. The molecule has 2 N–H and O–H groups in total. The fourth-order valence-corrected chi connectivity index (χ4v) is 2.37. The van der Waals surface area contributed by atoms with Gasteiger partial charge in [0.25, 0.3) is 0 Å². The molecule has 2 rings (SSSR count).